The summed E-state index contributed by atoms with van der Waals surface area (Å²) >= 11 is 1.70. The average molecular weight is 404 g/mol. The molecule has 0 fully saturated rings. The number of allylic oxidation sites excluding steroid dienone is 1. The number of hydrogen-bond donors (Lipinski definition) is 0. The van der Waals surface area contributed by atoms with Crippen molar-refractivity contribution in [3.05, 3.63) is 65.1 Å². The van der Waals surface area contributed by atoms with Crippen molar-refractivity contribution in [3.63, 3.8) is 0 Å². The Balaban J connectivity index is 1.38. The molecule has 0 unspecified atom stereocenters. The minimum Gasteiger partial charge on any atom is -0.327 e. The average Bonchev–Trinajstić information content (AvgIpc) is 3.48. The Kier molecular flexibility index (Phi) is 4.39. The van der Waals surface area contributed by atoms with E-state index in [4.69, 9.17) is 0 Å². The van der Waals surface area contributed by atoms with E-state index in [2.05, 4.69) is 37.3 Å². The Labute approximate surface area is 173 Å². The first-order valence-corrected chi connectivity index (χ1v) is 10.6. The summed E-state index contributed by atoms with van der Waals surface area (Å²) < 4.78 is 2.10. The van der Waals surface area contributed by atoms with E-state index in [1.807, 2.05) is 49.1 Å². The van der Waals surface area contributed by atoms with Crippen molar-refractivity contribution >= 4 is 28.7 Å². The fraction of sp³-hybridized carbons (Fsp3) is 0.273. The van der Waals surface area contributed by atoms with Gasteiger partial charge >= 0.3 is 0 Å². The van der Waals surface area contributed by atoms with Crippen LogP contribution < -0.4 is 0 Å². The number of hydrogen-bond acceptors (Lipinski definition) is 5. The van der Waals surface area contributed by atoms with Crippen molar-refractivity contribution in [2.45, 2.75) is 32.9 Å². The molecule has 0 saturated heterocycles. The summed E-state index contributed by atoms with van der Waals surface area (Å²) in [5.74, 6) is 1.64. The second-order valence-electron chi connectivity index (χ2n) is 7.40. The van der Waals surface area contributed by atoms with Crippen LogP contribution in [0.1, 0.15) is 48.3 Å². The third-order valence-electron chi connectivity index (χ3n) is 5.51. The number of thiophene rings is 1. The standard InChI is InChI=1S/C22H21N5OS/c1-14-5-10-18(23-14)21-25-24-20-15(2)26(11-12-27(20)21)22(28)17-8-6-16(7-9-17)19-4-3-13-29-19/h3-4,6-10,13,15H,5,11-12H2,1-2H3/t15-/m1/s1. The molecule has 0 N–H and O–H groups in total. The van der Waals surface area contributed by atoms with Crippen molar-refractivity contribution in [2.75, 3.05) is 6.54 Å². The predicted molar refractivity (Wildman–Crippen MR) is 115 cm³/mol. The fourth-order valence-electron chi connectivity index (χ4n) is 3.92. The summed E-state index contributed by atoms with van der Waals surface area (Å²) in [4.78, 5) is 20.8. The lowest BCUT2D eigenvalue weighted by atomic mass is 10.1. The molecule has 4 heterocycles. The number of carbonyl (C=O) groups is 1. The quantitative estimate of drug-likeness (QED) is 0.650. The Hall–Kier alpha value is -3.06. The zero-order valence-corrected chi connectivity index (χ0v) is 17.2. The van der Waals surface area contributed by atoms with E-state index in [1.165, 1.54) is 4.88 Å². The minimum atomic E-state index is -0.137. The van der Waals surface area contributed by atoms with E-state index in [0.717, 1.165) is 35.0 Å². The summed E-state index contributed by atoms with van der Waals surface area (Å²) in [5, 5.41) is 10.8. The van der Waals surface area contributed by atoms with Gasteiger partial charge in [-0.25, -0.2) is 0 Å². The molecule has 1 atom stereocenters. The van der Waals surface area contributed by atoms with E-state index in [9.17, 15) is 4.79 Å². The molecule has 0 saturated carbocycles. The van der Waals surface area contributed by atoms with Gasteiger partial charge in [-0.2, -0.15) is 0 Å². The first kappa shape index (κ1) is 18.0. The van der Waals surface area contributed by atoms with Crippen molar-refractivity contribution in [2.24, 2.45) is 4.99 Å². The molecule has 2 aliphatic rings. The summed E-state index contributed by atoms with van der Waals surface area (Å²) in [6.07, 6.45) is 2.95. The first-order valence-electron chi connectivity index (χ1n) is 9.74. The molecule has 3 aromatic rings. The lowest BCUT2D eigenvalue weighted by molar-refractivity contribution is 0.0637. The Morgan fingerprint density at radius 2 is 1.97 bits per heavy atom. The van der Waals surface area contributed by atoms with E-state index >= 15 is 0 Å². The van der Waals surface area contributed by atoms with Gasteiger partial charge in [-0.05, 0) is 49.1 Å². The molecule has 2 aromatic heterocycles. The van der Waals surface area contributed by atoms with E-state index in [0.29, 0.717) is 18.7 Å². The number of amides is 1. The maximum absolute atomic E-state index is 13.2. The van der Waals surface area contributed by atoms with Crippen LogP contribution in [0, 0.1) is 0 Å². The maximum atomic E-state index is 13.2. The molecule has 29 heavy (non-hydrogen) atoms. The van der Waals surface area contributed by atoms with Crippen LogP contribution in [0.5, 0.6) is 0 Å². The molecule has 6 nitrogen and oxygen atoms in total. The lowest BCUT2D eigenvalue weighted by Gasteiger charge is -2.33. The molecule has 0 bridgehead atoms. The highest BCUT2D eigenvalue weighted by Crippen LogP contribution is 2.30. The maximum Gasteiger partial charge on any atom is 0.254 e. The zero-order chi connectivity index (χ0) is 20.0. The fourth-order valence-corrected chi connectivity index (χ4v) is 4.65. The number of benzene rings is 1. The molecule has 0 radical (unpaired) electrons. The van der Waals surface area contributed by atoms with E-state index in [1.54, 1.807) is 11.3 Å². The van der Waals surface area contributed by atoms with Gasteiger partial charge in [0, 0.05) is 35.7 Å². The van der Waals surface area contributed by atoms with Crippen molar-refractivity contribution in [3.8, 4) is 10.4 Å². The van der Waals surface area contributed by atoms with Gasteiger partial charge in [0.25, 0.3) is 5.91 Å². The Bertz CT molecular complexity index is 1120. The molecule has 7 heteroatoms. The molecule has 5 rings (SSSR count). The van der Waals surface area contributed by atoms with Gasteiger partial charge < -0.3 is 9.47 Å². The minimum absolute atomic E-state index is 0.0278. The van der Waals surface area contributed by atoms with Crippen LogP contribution in [0.3, 0.4) is 0 Å². The molecular weight excluding hydrogens is 382 g/mol. The summed E-state index contributed by atoms with van der Waals surface area (Å²) in [5.41, 5.74) is 3.80. The predicted octanol–water partition coefficient (Wildman–Crippen LogP) is 4.43. The van der Waals surface area contributed by atoms with E-state index < -0.39 is 0 Å². The lowest BCUT2D eigenvalue weighted by Crippen LogP contribution is -2.41. The number of rotatable bonds is 3. The number of aliphatic imine (C=N–C) groups is 1. The molecular formula is C22H21N5OS. The largest absolute Gasteiger partial charge is 0.327 e. The summed E-state index contributed by atoms with van der Waals surface area (Å²) in [6.45, 7) is 5.33. The van der Waals surface area contributed by atoms with E-state index in [-0.39, 0.29) is 11.9 Å². The van der Waals surface area contributed by atoms with Gasteiger partial charge in [-0.15, -0.1) is 21.5 Å². The second-order valence-corrected chi connectivity index (χ2v) is 8.35. The van der Waals surface area contributed by atoms with Crippen LogP contribution in [-0.2, 0) is 6.54 Å². The normalized spacial score (nSPS) is 18.4. The second kappa shape index (κ2) is 7.08. The van der Waals surface area contributed by atoms with Crippen LogP contribution in [0.4, 0.5) is 0 Å². The smallest absolute Gasteiger partial charge is 0.254 e. The number of fused-ring (bicyclic) bond motifs is 1. The van der Waals surface area contributed by atoms with Crippen LogP contribution in [0.15, 0.2) is 52.8 Å². The van der Waals surface area contributed by atoms with Crippen molar-refractivity contribution in [1.82, 2.24) is 19.7 Å². The topological polar surface area (TPSA) is 63.4 Å². The van der Waals surface area contributed by atoms with Crippen LogP contribution >= 0.6 is 11.3 Å². The van der Waals surface area contributed by atoms with Crippen molar-refractivity contribution in [1.29, 1.82) is 0 Å². The van der Waals surface area contributed by atoms with Crippen LogP contribution in [-0.4, -0.2) is 37.8 Å². The summed E-state index contributed by atoms with van der Waals surface area (Å²) in [7, 11) is 0. The highest BCUT2D eigenvalue weighted by Gasteiger charge is 2.32. The van der Waals surface area contributed by atoms with Gasteiger partial charge in [0.1, 0.15) is 5.70 Å². The molecule has 1 amide bonds. The highest BCUT2D eigenvalue weighted by molar-refractivity contribution is 7.13. The molecule has 0 spiro atoms. The van der Waals surface area contributed by atoms with Gasteiger partial charge in [0.05, 0.1) is 6.04 Å². The van der Waals surface area contributed by atoms with Gasteiger partial charge in [-0.1, -0.05) is 18.2 Å². The van der Waals surface area contributed by atoms with Gasteiger partial charge in [-0.3, -0.25) is 9.79 Å². The Morgan fingerprint density at radius 3 is 2.66 bits per heavy atom. The SMILES string of the molecule is CC1=NC(c2nnc3n2CCN(C(=O)c2ccc(-c4cccs4)cc2)[C@@H]3C)=CC1. The number of aromatic nitrogens is 3. The highest BCUT2D eigenvalue weighted by atomic mass is 32.1. The Morgan fingerprint density at radius 1 is 1.14 bits per heavy atom. The van der Waals surface area contributed by atoms with Crippen LogP contribution in [0.25, 0.3) is 16.1 Å². The number of nitrogens with zero attached hydrogens (tertiary/aromatic N) is 5. The summed E-state index contributed by atoms with van der Waals surface area (Å²) in [6, 6.07) is 11.8. The van der Waals surface area contributed by atoms with Gasteiger partial charge in [0.15, 0.2) is 11.6 Å². The molecule has 1 aromatic carbocycles. The van der Waals surface area contributed by atoms with Gasteiger partial charge in [0.2, 0.25) is 0 Å². The monoisotopic (exact) mass is 403 g/mol. The third-order valence-corrected chi connectivity index (χ3v) is 6.43. The molecule has 0 aliphatic carbocycles. The zero-order valence-electron chi connectivity index (χ0n) is 16.4. The molecule has 2 aliphatic heterocycles. The third kappa shape index (κ3) is 3.11. The first-order chi connectivity index (χ1) is 14.1. The van der Waals surface area contributed by atoms with Crippen LogP contribution in [0.2, 0.25) is 0 Å². The molecule has 146 valence electrons. The van der Waals surface area contributed by atoms with Crippen molar-refractivity contribution < 1.29 is 4.79 Å². The number of carbonyl (C=O) groups excluding carboxylic acids is 1.